The minimum Gasteiger partial charge on any atom is -0.384 e. The van der Waals surface area contributed by atoms with Crippen LogP contribution in [0.25, 0.3) is 0 Å². The predicted molar refractivity (Wildman–Crippen MR) is 52.6 cm³/mol. The molecule has 1 aliphatic carbocycles. The molecule has 0 radical (unpaired) electrons. The molecule has 0 spiro atoms. The van der Waals surface area contributed by atoms with Crippen molar-refractivity contribution in [2.45, 2.75) is 19.3 Å². The van der Waals surface area contributed by atoms with Crippen LogP contribution in [0.1, 0.15) is 19.3 Å². The van der Waals surface area contributed by atoms with E-state index in [-0.39, 0.29) is 0 Å². The molecule has 2 heteroatoms. The quantitative estimate of drug-likeness (QED) is 0.571. The van der Waals surface area contributed by atoms with Crippen molar-refractivity contribution in [1.29, 1.82) is 0 Å². The Bertz CT molecular complexity index is 265. The lowest BCUT2D eigenvalue weighted by Gasteiger charge is -2.26. The van der Waals surface area contributed by atoms with Crippen molar-refractivity contribution in [2.24, 2.45) is 5.92 Å². The highest BCUT2D eigenvalue weighted by atomic mass is 16.7. The Morgan fingerprint density at radius 3 is 3.15 bits per heavy atom. The molecule has 0 bridgehead atoms. The molecule has 1 aliphatic heterocycles. The highest BCUT2D eigenvalue weighted by molar-refractivity contribution is 5.17. The third kappa shape index (κ3) is 1.94. The maximum atomic E-state index is 5.58. The fraction of sp³-hybridized carbons (Fsp3) is 0.455. The Balaban J connectivity index is 2.07. The molecule has 0 aromatic rings. The van der Waals surface area contributed by atoms with E-state index in [4.69, 9.17) is 4.84 Å². The van der Waals surface area contributed by atoms with Crippen LogP contribution >= 0.6 is 0 Å². The monoisotopic (exact) mass is 177 g/mol. The van der Waals surface area contributed by atoms with E-state index >= 15 is 0 Å². The molecular formula is C11H15NO. The summed E-state index contributed by atoms with van der Waals surface area (Å²) < 4.78 is 0. The first-order chi connectivity index (χ1) is 6.36. The fourth-order valence-electron chi connectivity index (χ4n) is 1.73. The van der Waals surface area contributed by atoms with Crippen molar-refractivity contribution < 1.29 is 4.84 Å². The van der Waals surface area contributed by atoms with Crippen LogP contribution in [0.5, 0.6) is 0 Å². The normalized spacial score (nSPS) is 27.0. The van der Waals surface area contributed by atoms with Crippen LogP contribution in [0, 0.1) is 5.92 Å². The van der Waals surface area contributed by atoms with Gasteiger partial charge in [0.05, 0.1) is 0 Å². The van der Waals surface area contributed by atoms with Gasteiger partial charge in [0, 0.05) is 19.2 Å². The molecule has 13 heavy (non-hydrogen) atoms. The average Bonchev–Trinajstić information content (AvgIpc) is 2.19. The Hall–Kier alpha value is -1.18. The van der Waals surface area contributed by atoms with Gasteiger partial charge in [-0.25, -0.2) is 5.06 Å². The molecule has 0 aromatic carbocycles. The van der Waals surface area contributed by atoms with Gasteiger partial charge in [-0.05, 0) is 31.4 Å². The van der Waals surface area contributed by atoms with Gasteiger partial charge in [-0.1, -0.05) is 12.2 Å². The molecule has 1 heterocycles. The largest absolute Gasteiger partial charge is 0.384 e. The zero-order valence-corrected chi connectivity index (χ0v) is 7.94. The minimum atomic E-state index is 0.487. The summed E-state index contributed by atoms with van der Waals surface area (Å²) >= 11 is 0. The number of hydrogen-bond donors (Lipinski definition) is 0. The predicted octanol–water partition coefficient (Wildman–Crippen LogP) is 2.62. The Labute approximate surface area is 79.1 Å². The molecule has 0 N–H and O–H groups in total. The zero-order valence-electron chi connectivity index (χ0n) is 7.94. The van der Waals surface area contributed by atoms with E-state index in [0.29, 0.717) is 5.92 Å². The standard InChI is InChI=1S/C11H15NO/c1-12-9-5-8-11(13-12)10-6-3-2-4-7-10/h3,5-6,8-10H,2,4,7H2,1H3. The van der Waals surface area contributed by atoms with Crippen molar-refractivity contribution in [3.63, 3.8) is 0 Å². The third-order valence-corrected chi connectivity index (χ3v) is 2.43. The molecule has 0 saturated carbocycles. The summed E-state index contributed by atoms with van der Waals surface area (Å²) in [5.74, 6) is 1.56. The molecule has 0 saturated heterocycles. The van der Waals surface area contributed by atoms with E-state index in [1.54, 1.807) is 5.06 Å². The van der Waals surface area contributed by atoms with Gasteiger partial charge in [0.25, 0.3) is 0 Å². The molecule has 1 atom stereocenters. The molecule has 2 nitrogen and oxygen atoms in total. The summed E-state index contributed by atoms with van der Waals surface area (Å²) in [6, 6.07) is 0. The van der Waals surface area contributed by atoms with Crippen molar-refractivity contribution in [3.8, 4) is 0 Å². The molecule has 2 aliphatic rings. The van der Waals surface area contributed by atoms with Gasteiger partial charge in [0.15, 0.2) is 0 Å². The van der Waals surface area contributed by atoms with Crippen molar-refractivity contribution in [1.82, 2.24) is 5.06 Å². The van der Waals surface area contributed by atoms with Crippen molar-refractivity contribution >= 4 is 0 Å². The number of hydroxylamine groups is 2. The Morgan fingerprint density at radius 1 is 1.54 bits per heavy atom. The van der Waals surface area contributed by atoms with Crippen LogP contribution in [-0.4, -0.2) is 12.1 Å². The maximum Gasteiger partial charge on any atom is 0.139 e. The number of nitrogens with zero attached hydrogens (tertiary/aromatic N) is 1. The summed E-state index contributed by atoms with van der Waals surface area (Å²) in [6.07, 6.45) is 14.2. The van der Waals surface area contributed by atoms with Gasteiger partial charge < -0.3 is 4.84 Å². The Morgan fingerprint density at radius 2 is 2.46 bits per heavy atom. The molecule has 1 unspecified atom stereocenters. The van der Waals surface area contributed by atoms with Crippen LogP contribution in [-0.2, 0) is 4.84 Å². The lowest BCUT2D eigenvalue weighted by atomic mass is 9.94. The van der Waals surface area contributed by atoms with Crippen LogP contribution in [0.3, 0.4) is 0 Å². The van der Waals surface area contributed by atoms with E-state index in [1.807, 2.05) is 19.3 Å². The molecule has 0 amide bonds. The summed E-state index contributed by atoms with van der Waals surface area (Å²) in [5.41, 5.74) is 0. The van der Waals surface area contributed by atoms with E-state index in [2.05, 4.69) is 18.2 Å². The highest BCUT2D eigenvalue weighted by Gasteiger charge is 2.17. The first-order valence-corrected chi connectivity index (χ1v) is 4.82. The van der Waals surface area contributed by atoms with Crippen LogP contribution in [0.4, 0.5) is 0 Å². The first-order valence-electron chi connectivity index (χ1n) is 4.82. The van der Waals surface area contributed by atoms with E-state index < -0.39 is 0 Å². The van der Waals surface area contributed by atoms with Crippen LogP contribution in [0.15, 0.2) is 36.3 Å². The number of rotatable bonds is 1. The molecule has 0 aromatic heterocycles. The smallest absolute Gasteiger partial charge is 0.139 e. The second-order valence-corrected chi connectivity index (χ2v) is 3.51. The summed E-state index contributed by atoms with van der Waals surface area (Å²) in [5, 5.41) is 1.75. The number of hydrogen-bond acceptors (Lipinski definition) is 2. The third-order valence-electron chi connectivity index (χ3n) is 2.43. The topological polar surface area (TPSA) is 12.5 Å². The molecule has 2 rings (SSSR count). The molecule has 70 valence electrons. The average molecular weight is 177 g/mol. The van der Waals surface area contributed by atoms with Crippen LogP contribution in [0.2, 0.25) is 0 Å². The summed E-state index contributed by atoms with van der Waals surface area (Å²) in [4.78, 5) is 5.58. The fourth-order valence-corrected chi connectivity index (χ4v) is 1.73. The van der Waals surface area contributed by atoms with E-state index in [0.717, 1.165) is 5.76 Å². The molecular weight excluding hydrogens is 162 g/mol. The van der Waals surface area contributed by atoms with Gasteiger partial charge >= 0.3 is 0 Å². The second-order valence-electron chi connectivity index (χ2n) is 3.51. The van der Waals surface area contributed by atoms with Gasteiger partial charge in [-0.3, -0.25) is 0 Å². The van der Waals surface area contributed by atoms with E-state index in [9.17, 15) is 0 Å². The second kappa shape index (κ2) is 3.69. The SMILES string of the molecule is CN1C=CC=C(C2C=CCCC2)O1. The highest BCUT2D eigenvalue weighted by Crippen LogP contribution is 2.26. The van der Waals surface area contributed by atoms with Crippen molar-refractivity contribution in [3.05, 3.63) is 36.3 Å². The minimum absolute atomic E-state index is 0.487. The Kier molecular flexibility index (Phi) is 2.39. The summed E-state index contributed by atoms with van der Waals surface area (Å²) in [6.45, 7) is 0. The van der Waals surface area contributed by atoms with Gasteiger partial charge in [0.1, 0.15) is 5.76 Å². The zero-order chi connectivity index (χ0) is 9.10. The maximum absolute atomic E-state index is 5.58. The lowest BCUT2D eigenvalue weighted by Crippen LogP contribution is -2.18. The van der Waals surface area contributed by atoms with Crippen LogP contribution < -0.4 is 0 Å². The first kappa shape index (κ1) is 8.42. The van der Waals surface area contributed by atoms with E-state index in [1.165, 1.54) is 19.3 Å². The van der Waals surface area contributed by atoms with Gasteiger partial charge in [-0.15, -0.1) is 0 Å². The number of allylic oxidation sites excluding steroid dienone is 4. The molecule has 0 fully saturated rings. The lowest BCUT2D eigenvalue weighted by molar-refractivity contribution is -0.0661. The van der Waals surface area contributed by atoms with Gasteiger partial charge in [-0.2, -0.15) is 0 Å². The van der Waals surface area contributed by atoms with Gasteiger partial charge in [0.2, 0.25) is 0 Å². The van der Waals surface area contributed by atoms with Crippen molar-refractivity contribution in [2.75, 3.05) is 7.05 Å². The summed E-state index contributed by atoms with van der Waals surface area (Å²) in [7, 11) is 1.91.